The first-order valence-corrected chi connectivity index (χ1v) is 6.71. The third-order valence-electron chi connectivity index (χ3n) is 3.05. The maximum Gasteiger partial charge on any atom is 0.241 e. The number of nitrogens with one attached hydrogen (secondary N) is 1. The van der Waals surface area contributed by atoms with Crippen molar-refractivity contribution in [3.8, 4) is 0 Å². The Labute approximate surface area is 110 Å². The topological polar surface area (TPSA) is 55.1 Å². The summed E-state index contributed by atoms with van der Waals surface area (Å²) in [7, 11) is 0. The molecular formula is C15H24N2O. The summed E-state index contributed by atoms with van der Waals surface area (Å²) in [5.74, 6) is 0.296. The first-order valence-electron chi connectivity index (χ1n) is 6.71. The molecule has 0 heterocycles. The van der Waals surface area contributed by atoms with Gasteiger partial charge in [0, 0.05) is 5.69 Å². The molecule has 0 aliphatic heterocycles. The van der Waals surface area contributed by atoms with Crippen LogP contribution in [0.3, 0.4) is 0 Å². The van der Waals surface area contributed by atoms with Crippen LogP contribution in [0.15, 0.2) is 24.3 Å². The summed E-state index contributed by atoms with van der Waals surface area (Å²) >= 11 is 0. The zero-order chi connectivity index (χ0) is 13.5. The molecule has 1 aromatic carbocycles. The quantitative estimate of drug-likeness (QED) is 0.811. The maximum absolute atomic E-state index is 12.0. The summed E-state index contributed by atoms with van der Waals surface area (Å²) < 4.78 is 0. The summed E-state index contributed by atoms with van der Waals surface area (Å²) in [6, 6.07) is 7.48. The van der Waals surface area contributed by atoms with Crippen LogP contribution in [0, 0.1) is 0 Å². The Bertz CT molecular complexity index is 388. The van der Waals surface area contributed by atoms with Crippen molar-refractivity contribution < 1.29 is 4.79 Å². The van der Waals surface area contributed by atoms with E-state index in [1.165, 1.54) is 0 Å². The van der Waals surface area contributed by atoms with E-state index < -0.39 is 6.04 Å². The second-order valence-electron chi connectivity index (χ2n) is 4.98. The van der Waals surface area contributed by atoms with Gasteiger partial charge in [-0.2, -0.15) is 0 Å². The molecule has 1 rings (SSSR count). The molecule has 0 aliphatic carbocycles. The molecular weight excluding hydrogens is 224 g/mol. The molecule has 0 aromatic heterocycles. The number of hydrogen-bond acceptors (Lipinski definition) is 2. The van der Waals surface area contributed by atoms with Crippen LogP contribution in [0.5, 0.6) is 0 Å². The highest BCUT2D eigenvalue weighted by molar-refractivity contribution is 5.95. The van der Waals surface area contributed by atoms with Gasteiger partial charge in [0.2, 0.25) is 5.91 Å². The Balaban J connectivity index is 2.69. The molecule has 0 radical (unpaired) electrons. The summed E-state index contributed by atoms with van der Waals surface area (Å²) in [5, 5.41) is 2.94. The van der Waals surface area contributed by atoms with Crippen LogP contribution in [0.2, 0.25) is 0 Å². The number of carbonyl (C=O) groups is 1. The molecule has 0 spiro atoms. The molecule has 0 saturated heterocycles. The third kappa shape index (κ3) is 4.15. The van der Waals surface area contributed by atoms with E-state index in [4.69, 9.17) is 5.73 Å². The summed E-state index contributed by atoms with van der Waals surface area (Å²) in [6.07, 6.45) is 2.79. The average molecular weight is 248 g/mol. The molecule has 1 amide bonds. The Morgan fingerprint density at radius 2 is 2.00 bits per heavy atom. The van der Waals surface area contributed by atoms with Crippen LogP contribution >= 0.6 is 0 Å². The van der Waals surface area contributed by atoms with E-state index in [0.29, 0.717) is 5.92 Å². The van der Waals surface area contributed by atoms with Crippen LogP contribution in [0.1, 0.15) is 51.5 Å². The van der Waals surface area contributed by atoms with Gasteiger partial charge < -0.3 is 11.1 Å². The molecule has 100 valence electrons. The van der Waals surface area contributed by atoms with Crippen LogP contribution in [-0.2, 0) is 4.79 Å². The molecule has 3 heteroatoms. The monoisotopic (exact) mass is 248 g/mol. The van der Waals surface area contributed by atoms with E-state index in [0.717, 1.165) is 30.5 Å². The highest BCUT2D eigenvalue weighted by Crippen LogP contribution is 2.23. The number of anilines is 1. The lowest BCUT2D eigenvalue weighted by Crippen LogP contribution is -2.35. The minimum atomic E-state index is -0.412. The van der Waals surface area contributed by atoms with Gasteiger partial charge in [-0.3, -0.25) is 4.79 Å². The first-order chi connectivity index (χ1) is 8.56. The van der Waals surface area contributed by atoms with Crippen LogP contribution in [-0.4, -0.2) is 11.9 Å². The van der Waals surface area contributed by atoms with Crippen molar-refractivity contribution in [2.45, 2.75) is 52.0 Å². The minimum Gasteiger partial charge on any atom is -0.324 e. The molecule has 0 fully saturated rings. The fraction of sp³-hybridized carbons (Fsp3) is 0.533. The minimum absolute atomic E-state index is 0.0865. The van der Waals surface area contributed by atoms with Gasteiger partial charge in [-0.05, 0) is 24.0 Å². The van der Waals surface area contributed by atoms with Gasteiger partial charge in [0.05, 0.1) is 6.04 Å². The van der Waals surface area contributed by atoms with Gasteiger partial charge in [-0.15, -0.1) is 0 Å². The van der Waals surface area contributed by atoms with Crippen molar-refractivity contribution in [3.63, 3.8) is 0 Å². The van der Waals surface area contributed by atoms with Crippen molar-refractivity contribution in [2.24, 2.45) is 5.73 Å². The Hall–Kier alpha value is -1.35. The van der Waals surface area contributed by atoms with Crippen LogP contribution in [0.4, 0.5) is 5.69 Å². The average Bonchev–Trinajstić information content (AvgIpc) is 2.36. The number of benzene rings is 1. The SMILES string of the molecule is CCCCC(N)C(=O)Nc1ccccc1C(C)C. The molecule has 3 N–H and O–H groups in total. The number of para-hydroxylation sites is 1. The summed E-state index contributed by atoms with van der Waals surface area (Å²) in [4.78, 5) is 12.0. The largest absolute Gasteiger partial charge is 0.324 e. The van der Waals surface area contributed by atoms with E-state index in [1.807, 2.05) is 24.3 Å². The first kappa shape index (κ1) is 14.7. The molecule has 1 atom stereocenters. The number of nitrogens with two attached hydrogens (primary N) is 1. The lowest BCUT2D eigenvalue weighted by atomic mass is 10.0. The van der Waals surface area contributed by atoms with E-state index in [9.17, 15) is 4.79 Å². The van der Waals surface area contributed by atoms with E-state index in [2.05, 4.69) is 26.1 Å². The van der Waals surface area contributed by atoms with Gasteiger partial charge in [0.15, 0.2) is 0 Å². The molecule has 0 bridgehead atoms. The zero-order valence-electron chi connectivity index (χ0n) is 11.6. The Kier molecular flexibility index (Phi) is 5.86. The predicted molar refractivity (Wildman–Crippen MR) is 76.7 cm³/mol. The van der Waals surface area contributed by atoms with E-state index in [-0.39, 0.29) is 5.91 Å². The fourth-order valence-electron chi connectivity index (χ4n) is 1.89. The number of carbonyl (C=O) groups excluding carboxylic acids is 1. The third-order valence-corrected chi connectivity index (χ3v) is 3.05. The standard InChI is InChI=1S/C15H24N2O/c1-4-5-9-13(16)15(18)17-14-10-7-6-8-12(14)11(2)3/h6-8,10-11,13H,4-5,9,16H2,1-3H3,(H,17,18). The lowest BCUT2D eigenvalue weighted by Gasteiger charge is -2.16. The number of rotatable bonds is 6. The van der Waals surface area contributed by atoms with Gasteiger partial charge in [0.25, 0.3) is 0 Å². The van der Waals surface area contributed by atoms with Crippen molar-refractivity contribution >= 4 is 11.6 Å². The highest BCUT2D eigenvalue weighted by atomic mass is 16.2. The highest BCUT2D eigenvalue weighted by Gasteiger charge is 2.15. The van der Waals surface area contributed by atoms with Crippen molar-refractivity contribution in [1.82, 2.24) is 0 Å². The van der Waals surface area contributed by atoms with Gasteiger partial charge >= 0.3 is 0 Å². The number of hydrogen-bond donors (Lipinski definition) is 2. The molecule has 0 aliphatic rings. The molecule has 0 saturated carbocycles. The molecule has 18 heavy (non-hydrogen) atoms. The van der Waals surface area contributed by atoms with E-state index >= 15 is 0 Å². The van der Waals surface area contributed by atoms with Gasteiger partial charge in [0.1, 0.15) is 0 Å². The van der Waals surface area contributed by atoms with Crippen molar-refractivity contribution in [3.05, 3.63) is 29.8 Å². The smallest absolute Gasteiger partial charge is 0.241 e. The predicted octanol–water partition coefficient (Wildman–Crippen LogP) is 3.27. The maximum atomic E-state index is 12.0. The Morgan fingerprint density at radius 3 is 2.61 bits per heavy atom. The lowest BCUT2D eigenvalue weighted by molar-refractivity contribution is -0.117. The van der Waals surface area contributed by atoms with E-state index in [1.54, 1.807) is 0 Å². The van der Waals surface area contributed by atoms with Crippen LogP contribution < -0.4 is 11.1 Å². The molecule has 1 aromatic rings. The summed E-state index contributed by atoms with van der Waals surface area (Å²) in [5.41, 5.74) is 7.89. The van der Waals surface area contributed by atoms with Crippen LogP contribution in [0.25, 0.3) is 0 Å². The van der Waals surface area contributed by atoms with Crippen molar-refractivity contribution in [1.29, 1.82) is 0 Å². The van der Waals surface area contributed by atoms with Gasteiger partial charge in [-0.1, -0.05) is 51.8 Å². The zero-order valence-corrected chi connectivity index (χ0v) is 11.6. The van der Waals surface area contributed by atoms with Crippen molar-refractivity contribution in [2.75, 3.05) is 5.32 Å². The fourth-order valence-corrected chi connectivity index (χ4v) is 1.89. The Morgan fingerprint density at radius 1 is 1.33 bits per heavy atom. The normalized spacial score (nSPS) is 12.5. The molecule has 1 unspecified atom stereocenters. The molecule has 3 nitrogen and oxygen atoms in total. The second kappa shape index (κ2) is 7.17. The van der Waals surface area contributed by atoms with Gasteiger partial charge in [-0.25, -0.2) is 0 Å². The second-order valence-corrected chi connectivity index (χ2v) is 4.98. The summed E-state index contributed by atoms with van der Waals surface area (Å²) in [6.45, 7) is 6.32. The number of amides is 1. The number of unbranched alkanes of at least 4 members (excludes halogenated alkanes) is 1.